The number of nitrogens with zero attached hydrogens (tertiary/aromatic N) is 2. The lowest BCUT2D eigenvalue weighted by molar-refractivity contribution is 0.0699. The summed E-state index contributed by atoms with van der Waals surface area (Å²) in [4.78, 5) is 15.7. The van der Waals surface area contributed by atoms with Crippen LogP contribution < -0.4 is 0 Å². The Hall–Kier alpha value is -2.69. The van der Waals surface area contributed by atoms with E-state index in [9.17, 15) is 9.90 Å². The molecule has 5 nitrogen and oxygen atoms in total. The molecule has 100 valence electrons. The second-order valence-corrected chi connectivity index (χ2v) is 4.38. The number of hydrogen-bond donors (Lipinski definition) is 1. The molecule has 0 fully saturated rings. The van der Waals surface area contributed by atoms with Gasteiger partial charge in [-0.1, -0.05) is 36.3 Å². The van der Waals surface area contributed by atoms with Crippen LogP contribution in [0.1, 0.15) is 23.1 Å². The lowest BCUT2D eigenvalue weighted by Gasteiger charge is -2.06. The van der Waals surface area contributed by atoms with Crippen LogP contribution in [0.3, 0.4) is 0 Å². The van der Waals surface area contributed by atoms with Crippen molar-refractivity contribution in [2.24, 2.45) is 0 Å². The Morgan fingerprint density at radius 3 is 2.65 bits per heavy atom. The molecule has 0 aliphatic heterocycles. The van der Waals surface area contributed by atoms with E-state index in [2.05, 4.69) is 10.1 Å². The van der Waals surface area contributed by atoms with Crippen LogP contribution in [0.5, 0.6) is 0 Å². The Labute approximate surface area is 114 Å². The van der Waals surface area contributed by atoms with Crippen LogP contribution in [0, 0.1) is 0 Å². The largest absolute Gasteiger partial charge is 0.478 e. The van der Waals surface area contributed by atoms with Gasteiger partial charge in [-0.2, -0.15) is 4.98 Å². The van der Waals surface area contributed by atoms with E-state index < -0.39 is 5.97 Å². The smallest absolute Gasteiger partial charge is 0.336 e. The van der Waals surface area contributed by atoms with Crippen LogP contribution >= 0.6 is 0 Å². The molecule has 0 radical (unpaired) electrons. The van der Waals surface area contributed by atoms with Crippen molar-refractivity contribution in [2.75, 3.05) is 0 Å². The van der Waals surface area contributed by atoms with Gasteiger partial charge in [0.2, 0.25) is 0 Å². The summed E-state index contributed by atoms with van der Waals surface area (Å²) >= 11 is 0. The van der Waals surface area contributed by atoms with Gasteiger partial charge < -0.3 is 9.63 Å². The molecular weight excluding hydrogens is 256 g/mol. The minimum atomic E-state index is -0.974. The normalized spacial score (nSPS) is 10.8. The Morgan fingerprint density at radius 2 is 2.00 bits per heavy atom. The number of fused-ring (bicyclic) bond motifs is 1. The molecule has 0 unspecified atom stereocenters. The van der Waals surface area contributed by atoms with E-state index in [1.54, 1.807) is 18.2 Å². The topological polar surface area (TPSA) is 76.2 Å². The van der Waals surface area contributed by atoms with Gasteiger partial charge in [0.05, 0.1) is 5.56 Å². The maximum atomic E-state index is 11.4. The Bertz CT molecular complexity index is 787. The molecule has 2 aromatic carbocycles. The van der Waals surface area contributed by atoms with Gasteiger partial charge in [0.15, 0.2) is 5.82 Å². The van der Waals surface area contributed by atoms with Crippen molar-refractivity contribution in [2.45, 2.75) is 13.3 Å². The van der Waals surface area contributed by atoms with Gasteiger partial charge >= 0.3 is 5.97 Å². The van der Waals surface area contributed by atoms with Gasteiger partial charge in [0.1, 0.15) is 0 Å². The average molecular weight is 268 g/mol. The fraction of sp³-hybridized carbons (Fsp3) is 0.133. The van der Waals surface area contributed by atoms with Gasteiger partial charge in [0, 0.05) is 17.4 Å². The quantitative estimate of drug-likeness (QED) is 0.789. The molecule has 0 bridgehead atoms. The first-order chi connectivity index (χ1) is 9.70. The summed E-state index contributed by atoms with van der Waals surface area (Å²) in [6, 6.07) is 10.7. The molecular formula is C15H12N2O3. The molecule has 0 saturated heterocycles. The van der Waals surface area contributed by atoms with E-state index in [0.717, 1.165) is 5.39 Å². The number of aromatic nitrogens is 2. The average Bonchev–Trinajstić information content (AvgIpc) is 2.94. The summed E-state index contributed by atoms with van der Waals surface area (Å²) in [5.74, 6) is -0.0239. The molecule has 0 saturated carbocycles. The summed E-state index contributed by atoms with van der Waals surface area (Å²) in [6.07, 6.45) is 0.667. The highest BCUT2D eigenvalue weighted by Gasteiger charge is 2.16. The van der Waals surface area contributed by atoms with Gasteiger partial charge in [-0.3, -0.25) is 0 Å². The van der Waals surface area contributed by atoms with E-state index in [1.165, 1.54) is 0 Å². The second kappa shape index (κ2) is 4.77. The minimum Gasteiger partial charge on any atom is -0.478 e. The molecule has 1 N–H and O–H groups in total. The number of benzene rings is 2. The van der Waals surface area contributed by atoms with Crippen molar-refractivity contribution in [3.8, 4) is 11.5 Å². The molecule has 3 rings (SSSR count). The third-order valence-electron chi connectivity index (χ3n) is 3.15. The standard InChI is InChI=1S/C15H12N2O3/c1-2-12-16-14(20-17-12)10-7-3-5-9-6-4-8-11(13(9)10)15(18)19/h3-8H,2H2,1H3,(H,18,19). The first kappa shape index (κ1) is 12.3. The van der Waals surface area contributed by atoms with E-state index in [0.29, 0.717) is 29.1 Å². The van der Waals surface area contributed by atoms with Crippen molar-refractivity contribution in [1.82, 2.24) is 10.1 Å². The number of rotatable bonds is 3. The van der Waals surface area contributed by atoms with Crippen molar-refractivity contribution >= 4 is 16.7 Å². The first-order valence-corrected chi connectivity index (χ1v) is 6.28. The van der Waals surface area contributed by atoms with Crippen molar-refractivity contribution in [3.05, 3.63) is 47.8 Å². The van der Waals surface area contributed by atoms with Gasteiger partial charge in [-0.25, -0.2) is 4.79 Å². The molecule has 0 aliphatic carbocycles. The van der Waals surface area contributed by atoms with Crippen LogP contribution in [0.25, 0.3) is 22.2 Å². The fourth-order valence-electron chi connectivity index (χ4n) is 2.20. The third-order valence-corrected chi connectivity index (χ3v) is 3.15. The fourth-order valence-corrected chi connectivity index (χ4v) is 2.20. The van der Waals surface area contributed by atoms with Crippen LogP contribution in [-0.2, 0) is 6.42 Å². The van der Waals surface area contributed by atoms with Crippen LogP contribution in [0.4, 0.5) is 0 Å². The summed E-state index contributed by atoms with van der Waals surface area (Å²) in [6.45, 7) is 1.93. The van der Waals surface area contributed by atoms with Gasteiger partial charge in [-0.15, -0.1) is 0 Å². The first-order valence-electron chi connectivity index (χ1n) is 6.28. The lowest BCUT2D eigenvalue weighted by Crippen LogP contribution is -1.98. The molecule has 0 aliphatic rings. The zero-order chi connectivity index (χ0) is 14.1. The van der Waals surface area contributed by atoms with Crippen molar-refractivity contribution in [3.63, 3.8) is 0 Å². The predicted molar refractivity (Wildman–Crippen MR) is 73.6 cm³/mol. The minimum absolute atomic E-state index is 0.231. The van der Waals surface area contributed by atoms with Crippen molar-refractivity contribution in [1.29, 1.82) is 0 Å². The highest BCUT2D eigenvalue weighted by Crippen LogP contribution is 2.30. The summed E-state index contributed by atoms with van der Waals surface area (Å²) < 4.78 is 5.23. The Kier molecular flexibility index (Phi) is 2.95. The SMILES string of the molecule is CCc1noc(-c2cccc3cccc(C(=O)O)c23)n1. The maximum absolute atomic E-state index is 11.4. The van der Waals surface area contributed by atoms with E-state index >= 15 is 0 Å². The molecule has 0 spiro atoms. The highest BCUT2D eigenvalue weighted by atomic mass is 16.5. The van der Waals surface area contributed by atoms with Crippen LogP contribution in [0.15, 0.2) is 40.9 Å². The zero-order valence-electron chi connectivity index (χ0n) is 10.8. The Balaban J connectivity index is 2.32. The molecule has 0 amide bonds. The molecule has 5 heteroatoms. The number of hydrogen-bond acceptors (Lipinski definition) is 4. The predicted octanol–water partition coefficient (Wildman–Crippen LogP) is 3.15. The molecule has 1 heterocycles. The monoisotopic (exact) mass is 268 g/mol. The number of aromatic carboxylic acids is 1. The van der Waals surface area contributed by atoms with Crippen LogP contribution in [0.2, 0.25) is 0 Å². The van der Waals surface area contributed by atoms with E-state index in [4.69, 9.17) is 4.52 Å². The van der Waals surface area contributed by atoms with Gasteiger partial charge in [0.25, 0.3) is 5.89 Å². The molecule has 20 heavy (non-hydrogen) atoms. The number of carboxylic acids is 1. The number of carboxylic acid groups (broad SMARTS) is 1. The lowest BCUT2D eigenvalue weighted by atomic mass is 9.99. The van der Waals surface area contributed by atoms with E-state index in [1.807, 2.05) is 25.1 Å². The molecule has 3 aromatic rings. The highest BCUT2D eigenvalue weighted by molar-refractivity contribution is 6.09. The Morgan fingerprint density at radius 1 is 1.25 bits per heavy atom. The van der Waals surface area contributed by atoms with Crippen LogP contribution in [-0.4, -0.2) is 21.2 Å². The van der Waals surface area contributed by atoms with Crippen molar-refractivity contribution < 1.29 is 14.4 Å². The van der Waals surface area contributed by atoms with E-state index in [-0.39, 0.29) is 5.56 Å². The number of carbonyl (C=O) groups is 1. The summed E-state index contributed by atoms with van der Waals surface area (Å²) in [5.41, 5.74) is 0.877. The maximum Gasteiger partial charge on any atom is 0.336 e. The second-order valence-electron chi connectivity index (χ2n) is 4.38. The third kappa shape index (κ3) is 1.93. The summed E-state index contributed by atoms with van der Waals surface area (Å²) in [7, 11) is 0. The number of aryl methyl sites for hydroxylation is 1. The summed E-state index contributed by atoms with van der Waals surface area (Å²) in [5, 5.41) is 14.6. The zero-order valence-corrected chi connectivity index (χ0v) is 10.8. The molecule has 1 aromatic heterocycles. The molecule has 0 atom stereocenters. The van der Waals surface area contributed by atoms with Gasteiger partial charge in [-0.05, 0) is 17.5 Å².